The molecule has 0 unspecified atom stereocenters. The molecule has 4 nitrogen and oxygen atoms in total. The molecule has 14 heavy (non-hydrogen) atoms. The second-order valence-corrected chi connectivity index (χ2v) is 3.72. The summed E-state index contributed by atoms with van der Waals surface area (Å²) in [6.45, 7) is 3.35. The number of amides is 1. The summed E-state index contributed by atoms with van der Waals surface area (Å²) in [4.78, 5) is 24.3. The lowest BCUT2D eigenvalue weighted by Gasteiger charge is -2.33. The van der Waals surface area contributed by atoms with Gasteiger partial charge in [0, 0.05) is 39.0 Å². The van der Waals surface area contributed by atoms with Crippen molar-refractivity contribution in [1.29, 1.82) is 0 Å². The molecule has 0 radical (unpaired) electrons. The van der Waals surface area contributed by atoms with Crippen LogP contribution in [0.15, 0.2) is 0 Å². The number of ketones is 1. The third-order valence-electron chi connectivity index (χ3n) is 2.73. The molecule has 1 heterocycles. The molecule has 0 aromatic heterocycles. The van der Waals surface area contributed by atoms with Crippen LogP contribution in [0, 0.1) is 5.92 Å². The van der Waals surface area contributed by atoms with E-state index in [9.17, 15) is 9.59 Å². The fraction of sp³-hybridized carbons (Fsp3) is 0.778. The van der Waals surface area contributed by atoms with Gasteiger partial charge in [-0.15, -0.1) is 12.4 Å². The Kier molecular flexibility index (Phi) is 3.89. The molecule has 1 amide bonds. The Morgan fingerprint density at radius 2 is 1.86 bits per heavy atom. The smallest absolute Gasteiger partial charge is 0.226 e. The average molecular weight is 219 g/mol. The van der Waals surface area contributed by atoms with E-state index in [4.69, 9.17) is 0 Å². The fourth-order valence-corrected chi connectivity index (χ4v) is 1.81. The fourth-order valence-electron chi connectivity index (χ4n) is 1.81. The first-order valence-corrected chi connectivity index (χ1v) is 4.78. The van der Waals surface area contributed by atoms with Crippen LogP contribution in [0.4, 0.5) is 0 Å². The Bertz CT molecular complexity index is 231. The molecular formula is C9H15ClN2O2. The quantitative estimate of drug-likeness (QED) is 0.664. The van der Waals surface area contributed by atoms with Crippen LogP contribution in [-0.2, 0) is 9.59 Å². The Morgan fingerprint density at radius 3 is 2.36 bits per heavy atom. The highest BCUT2D eigenvalue weighted by Gasteiger charge is 2.35. The first kappa shape index (κ1) is 11.5. The van der Waals surface area contributed by atoms with Gasteiger partial charge in [-0.25, -0.2) is 0 Å². The lowest BCUT2D eigenvalue weighted by atomic mass is 9.83. The molecule has 2 fully saturated rings. The van der Waals surface area contributed by atoms with Crippen molar-refractivity contribution in [3.63, 3.8) is 0 Å². The highest BCUT2D eigenvalue weighted by molar-refractivity contribution is 5.96. The van der Waals surface area contributed by atoms with Gasteiger partial charge in [-0.2, -0.15) is 0 Å². The van der Waals surface area contributed by atoms with Gasteiger partial charge in [0.2, 0.25) is 5.91 Å². The Labute approximate surface area is 89.4 Å². The highest BCUT2D eigenvalue weighted by Crippen LogP contribution is 2.24. The maximum absolute atomic E-state index is 11.7. The number of nitrogens with zero attached hydrogens (tertiary/aromatic N) is 1. The predicted molar refractivity (Wildman–Crippen MR) is 54.4 cm³/mol. The number of carbonyl (C=O) groups is 2. The molecule has 2 rings (SSSR count). The molecule has 0 aromatic carbocycles. The van der Waals surface area contributed by atoms with Crippen LogP contribution in [-0.4, -0.2) is 42.8 Å². The van der Waals surface area contributed by atoms with E-state index in [0.29, 0.717) is 12.8 Å². The molecule has 1 aliphatic heterocycles. The Hall–Kier alpha value is -0.610. The van der Waals surface area contributed by atoms with Gasteiger partial charge in [0.15, 0.2) is 0 Å². The van der Waals surface area contributed by atoms with Crippen molar-refractivity contribution in [3.05, 3.63) is 0 Å². The minimum atomic E-state index is 0. The molecule has 1 saturated heterocycles. The van der Waals surface area contributed by atoms with E-state index in [1.807, 2.05) is 4.90 Å². The normalized spacial score (nSPS) is 22.6. The highest BCUT2D eigenvalue weighted by atomic mass is 35.5. The van der Waals surface area contributed by atoms with E-state index < -0.39 is 0 Å². The van der Waals surface area contributed by atoms with Crippen molar-refractivity contribution >= 4 is 24.1 Å². The lowest BCUT2D eigenvalue weighted by molar-refractivity contribution is -0.145. The van der Waals surface area contributed by atoms with Crippen molar-refractivity contribution in [2.75, 3.05) is 26.2 Å². The maximum atomic E-state index is 11.7. The summed E-state index contributed by atoms with van der Waals surface area (Å²) in [6, 6.07) is 0. The number of rotatable bonds is 1. The zero-order valence-electron chi connectivity index (χ0n) is 7.99. The van der Waals surface area contributed by atoms with Crippen molar-refractivity contribution in [2.45, 2.75) is 12.8 Å². The zero-order valence-corrected chi connectivity index (χ0v) is 8.81. The predicted octanol–water partition coefficient (Wildman–Crippen LogP) is -0.181. The number of hydrogen-bond acceptors (Lipinski definition) is 3. The molecule has 1 saturated carbocycles. The number of piperazine rings is 1. The van der Waals surface area contributed by atoms with Crippen LogP contribution in [0.1, 0.15) is 12.8 Å². The van der Waals surface area contributed by atoms with Crippen molar-refractivity contribution in [2.24, 2.45) is 5.92 Å². The Morgan fingerprint density at radius 1 is 1.29 bits per heavy atom. The molecule has 0 aromatic rings. The second-order valence-electron chi connectivity index (χ2n) is 3.72. The average Bonchev–Trinajstić information content (AvgIpc) is 2.13. The largest absolute Gasteiger partial charge is 0.340 e. The van der Waals surface area contributed by atoms with Gasteiger partial charge in [-0.05, 0) is 0 Å². The molecule has 0 atom stereocenters. The Balaban J connectivity index is 0.000000980. The number of nitrogens with one attached hydrogen (secondary N) is 1. The van der Waals surface area contributed by atoms with Crippen molar-refractivity contribution < 1.29 is 9.59 Å². The number of carbonyl (C=O) groups excluding carboxylic acids is 2. The first-order chi connectivity index (χ1) is 6.27. The van der Waals surface area contributed by atoms with Crippen LogP contribution < -0.4 is 5.32 Å². The van der Waals surface area contributed by atoms with Gasteiger partial charge in [-0.3, -0.25) is 9.59 Å². The summed E-state index contributed by atoms with van der Waals surface area (Å²) in [7, 11) is 0. The molecule has 0 bridgehead atoms. The molecule has 0 spiro atoms. The van der Waals surface area contributed by atoms with Gasteiger partial charge in [0.05, 0.1) is 5.92 Å². The lowest BCUT2D eigenvalue weighted by Crippen LogP contribution is -2.50. The third kappa shape index (κ3) is 2.25. The summed E-state index contributed by atoms with van der Waals surface area (Å²) in [6.07, 6.45) is 0.950. The maximum Gasteiger partial charge on any atom is 0.226 e. The molecular weight excluding hydrogens is 204 g/mol. The molecule has 5 heteroatoms. The first-order valence-electron chi connectivity index (χ1n) is 4.78. The monoisotopic (exact) mass is 218 g/mol. The summed E-state index contributed by atoms with van der Waals surface area (Å²) < 4.78 is 0. The van der Waals surface area contributed by atoms with Crippen LogP contribution in [0.25, 0.3) is 0 Å². The second kappa shape index (κ2) is 4.75. The van der Waals surface area contributed by atoms with E-state index in [0.717, 1.165) is 26.2 Å². The van der Waals surface area contributed by atoms with E-state index >= 15 is 0 Å². The van der Waals surface area contributed by atoms with Gasteiger partial charge >= 0.3 is 0 Å². The standard InChI is InChI=1S/C9H14N2O2.ClH/c12-8-5-7(6-8)9(13)11-3-1-10-2-4-11;/h7,10H,1-6H2;1H. The van der Waals surface area contributed by atoms with E-state index in [1.54, 1.807) is 0 Å². The van der Waals surface area contributed by atoms with Gasteiger partial charge in [0.1, 0.15) is 5.78 Å². The summed E-state index contributed by atoms with van der Waals surface area (Å²) in [5, 5.41) is 3.19. The van der Waals surface area contributed by atoms with Crippen molar-refractivity contribution in [1.82, 2.24) is 10.2 Å². The molecule has 2 aliphatic rings. The van der Waals surface area contributed by atoms with Crippen LogP contribution >= 0.6 is 12.4 Å². The van der Waals surface area contributed by atoms with E-state index in [2.05, 4.69) is 5.32 Å². The zero-order chi connectivity index (χ0) is 9.26. The number of halogens is 1. The topological polar surface area (TPSA) is 49.4 Å². The minimum absolute atomic E-state index is 0. The van der Waals surface area contributed by atoms with Gasteiger partial charge in [-0.1, -0.05) is 0 Å². The third-order valence-corrected chi connectivity index (χ3v) is 2.73. The summed E-state index contributed by atoms with van der Waals surface area (Å²) in [5.74, 6) is 0.417. The SMILES string of the molecule is Cl.O=C1CC(C(=O)N2CCNCC2)C1. The molecule has 1 aliphatic carbocycles. The van der Waals surface area contributed by atoms with E-state index in [-0.39, 0.29) is 30.0 Å². The van der Waals surface area contributed by atoms with Crippen molar-refractivity contribution in [3.8, 4) is 0 Å². The number of Topliss-reactive ketones (excluding diaryl/α,β-unsaturated/α-hetero) is 1. The van der Waals surface area contributed by atoms with Crippen LogP contribution in [0.3, 0.4) is 0 Å². The van der Waals surface area contributed by atoms with Crippen LogP contribution in [0.5, 0.6) is 0 Å². The summed E-state index contributed by atoms with van der Waals surface area (Å²) in [5.41, 5.74) is 0. The molecule has 80 valence electrons. The molecule has 1 N–H and O–H groups in total. The number of hydrogen-bond donors (Lipinski definition) is 1. The van der Waals surface area contributed by atoms with Gasteiger partial charge in [0.25, 0.3) is 0 Å². The minimum Gasteiger partial charge on any atom is -0.340 e. The van der Waals surface area contributed by atoms with Crippen LogP contribution in [0.2, 0.25) is 0 Å². The van der Waals surface area contributed by atoms with Gasteiger partial charge < -0.3 is 10.2 Å². The van der Waals surface area contributed by atoms with E-state index in [1.165, 1.54) is 0 Å². The summed E-state index contributed by atoms with van der Waals surface area (Å²) >= 11 is 0.